The smallest absolute Gasteiger partial charge is 0.410 e. The molecule has 0 radical (unpaired) electrons. The van der Waals surface area contributed by atoms with Crippen LogP contribution in [-0.2, 0) is 4.74 Å². The number of rotatable bonds is 1. The third-order valence-corrected chi connectivity index (χ3v) is 3.84. The summed E-state index contributed by atoms with van der Waals surface area (Å²) in [5.74, 6) is 0. The molecule has 0 aromatic carbocycles. The van der Waals surface area contributed by atoms with E-state index in [1.807, 2.05) is 32.6 Å². The molecule has 0 bridgehead atoms. The van der Waals surface area contributed by atoms with Crippen molar-refractivity contribution in [2.45, 2.75) is 52.2 Å². The maximum Gasteiger partial charge on any atom is 0.410 e. The summed E-state index contributed by atoms with van der Waals surface area (Å²) in [6.07, 6.45) is 1.82. The maximum absolute atomic E-state index is 12.1. The summed E-state index contributed by atoms with van der Waals surface area (Å²) in [7, 11) is 0. The Morgan fingerprint density at radius 2 is 2.28 bits per heavy atom. The fraction of sp³-hybridized carbons (Fsp3) is 0.692. The fourth-order valence-corrected chi connectivity index (χ4v) is 3.03. The van der Waals surface area contributed by atoms with Gasteiger partial charge in [-0.05, 0) is 58.1 Å². The number of amides is 1. The van der Waals surface area contributed by atoms with Gasteiger partial charge in [-0.25, -0.2) is 4.79 Å². The van der Waals surface area contributed by atoms with Crippen LogP contribution in [0, 0.1) is 6.92 Å². The van der Waals surface area contributed by atoms with E-state index < -0.39 is 5.60 Å². The van der Waals surface area contributed by atoms with Gasteiger partial charge >= 0.3 is 6.09 Å². The van der Waals surface area contributed by atoms with Crippen LogP contribution in [-0.4, -0.2) is 27.5 Å². The topological polar surface area (TPSA) is 42.4 Å². The summed E-state index contributed by atoms with van der Waals surface area (Å²) in [6.45, 7) is 8.44. The van der Waals surface area contributed by atoms with Crippen LogP contribution >= 0.6 is 11.5 Å². The zero-order chi connectivity index (χ0) is 13.3. The van der Waals surface area contributed by atoms with Gasteiger partial charge in [0.05, 0.1) is 11.7 Å². The Morgan fingerprint density at radius 1 is 1.56 bits per heavy atom. The van der Waals surface area contributed by atoms with Crippen molar-refractivity contribution in [3.8, 4) is 0 Å². The van der Waals surface area contributed by atoms with Gasteiger partial charge in [-0.2, -0.15) is 4.37 Å². The molecule has 0 spiro atoms. The fourth-order valence-electron chi connectivity index (χ4n) is 2.14. The lowest BCUT2D eigenvalue weighted by atomic mass is 10.2. The van der Waals surface area contributed by atoms with E-state index in [1.54, 1.807) is 0 Å². The minimum Gasteiger partial charge on any atom is -0.444 e. The molecule has 4 nitrogen and oxygen atoms in total. The zero-order valence-corrected chi connectivity index (χ0v) is 12.2. The predicted octanol–water partition coefficient (Wildman–Crippen LogP) is 3.52. The van der Waals surface area contributed by atoms with Gasteiger partial charge in [0.25, 0.3) is 0 Å². The molecule has 5 heteroatoms. The van der Waals surface area contributed by atoms with Gasteiger partial charge in [0, 0.05) is 11.4 Å². The molecule has 2 heterocycles. The molecular weight excluding hydrogens is 248 g/mol. The first-order valence-electron chi connectivity index (χ1n) is 6.29. The minimum atomic E-state index is -0.437. The van der Waals surface area contributed by atoms with Crippen molar-refractivity contribution in [2.24, 2.45) is 0 Å². The molecule has 1 amide bonds. The number of aromatic nitrogens is 1. The van der Waals surface area contributed by atoms with E-state index in [1.165, 1.54) is 11.5 Å². The third-order valence-electron chi connectivity index (χ3n) is 2.86. The summed E-state index contributed by atoms with van der Waals surface area (Å²) in [4.78, 5) is 15.1. The number of carbonyl (C=O) groups is 1. The van der Waals surface area contributed by atoms with Crippen molar-refractivity contribution in [3.63, 3.8) is 0 Å². The predicted molar refractivity (Wildman–Crippen MR) is 71.8 cm³/mol. The second-order valence-corrected chi connectivity index (χ2v) is 6.54. The number of likely N-dealkylation sites (tertiary alicyclic amines) is 1. The highest BCUT2D eigenvalue weighted by molar-refractivity contribution is 7.05. The summed E-state index contributed by atoms with van der Waals surface area (Å²) < 4.78 is 9.74. The van der Waals surface area contributed by atoms with E-state index >= 15 is 0 Å². The summed E-state index contributed by atoms with van der Waals surface area (Å²) in [6, 6.07) is 2.21. The largest absolute Gasteiger partial charge is 0.444 e. The Bertz CT molecular complexity index is 436. The van der Waals surface area contributed by atoms with Crippen molar-refractivity contribution >= 4 is 17.6 Å². The Hall–Kier alpha value is -1.10. The van der Waals surface area contributed by atoms with Crippen LogP contribution in [0.5, 0.6) is 0 Å². The second-order valence-electron chi connectivity index (χ2n) is 5.70. The monoisotopic (exact) mass is 268 g/mol. The zero-order valence-electron chi connectivity index (χ0n) is 11.4. The van der Waals surface area contributed by atoms with E-state index in [0.717, 1.165) is 30.0 Å². The SMILES string of the molecule is Cc1cc(C2CCCN2C(=O)OC(C)(C)C)sn1. The van der Waals surface area contributed by atoms with Crippen LogP contribution in [0.1, 0.15) is 50.2 Å². The average molecular weight is 268 g/mol. The number of ether oxygens (including phenoxy) is 1. The molecule has 1 atom stereocenters. The number of aryl methyl sites for hydroxylation is 1. The molecule has 0 N–H and O–H groups in total. The number of hydrogen-bond acceptors (Lipinski definition) is 4. The molecule has 0 saturated carbocycles. The van der Waals surface area contributed by atoms with Crippen LogP contribution in [0.4, 0.5) is 4.79 Å². The molecular formula is C13H20N2O2S. The Balaban J connectivity index is 2.10. The molecule has 1 unspecified atom stereocenters. The normalized spacial score (nSPS) is 20.2. The number of hydrogen-bond donors (Lipinski definition) is 0. The van der Waals surface area contributed by atoms with Crippen LogP contribution < -0.4 is 0 Å². The average Bonchev–Trinajstić information content (AvgIpc) is 2.81. The summed E-state index contributed by atoms with van der Waals surface area (Å²) >= 11 is 1.49. The van der Waals surface area contributed by atoms with E-state index in [0.29, 0.717) is 0 Å². The molecule has 1 aromatic rings. The first-order valence-corrected chi connectivity index (χ1v) is 7.07. The third kappa shape index (κ3) is 3.02. The van der Waals surface area contributed by atoms with Gasteiger partial charge in [-0.1, -0.05) is 0 Å². The summed E-state index contributed by atoms with van der Waals surface area (Å²) in [5, 5.41) is 0. The summed E-state index contributed by atoms with van der Waals surface area (Å²) in [5.41, 5.74) is 0.583. The van der Waals surface area contributed by atoms with Gasteiger partial charge in [0.15, 0.2) is 0 Å². The molecule has 0 aliphatic carbocycles. The van der Waals surface area contributed by atoms with Crippen LogP contribution in [0.3, 0.4) is 0 Å². The van der Waals surface area contributed by atoms with Gasteiger partial charge in [-0.15, -0.1) is 0 Å². The molecule has 100 valence electrons. The molecule has 2 rings (SSSR count). The molecule has 18 heavy (non-hydrogen) atoms. The number of carbonyl (C=O) groups excluding carboxylic acids is 1. The van der Waals surface area contributed by atoms with Gasteiger partial charge in [-0.3, -0.25) is 0 Å². The lowest BCUT2D eigenvalue weighted by molar-refractivity contribution is 0.0227. The first kappa shape index (κ1) is 13.3. The lowest BCUT2D eigenvalue weighted by Gasteiger charge is -2.27. The second kappa shape index (κ2) is 4.88. The molecule has 1 aliphatic heterocycles. The van der Waals surface area contributed by atoms with Gasteiger partial charge in [0.2, 0.25) is 0 Å². The lowest BCUT2D eigenvalue weighted by Crippen LogP contribution is -2.36. The molecule has 1 aliphatic rings. The quantitative estimate of drug-likeness (QED) is 0.782. The highest BCUT2D eigenvalue weighted by Crippen LogP contribution is 2.35. The van der Waals surface area contributed by atoms with Crippen LogP contribution in [0.15, 0.2) is 6.07 Å². The Labute approximate surface area is 112 Å². The van der Waals surface area contributed by atoms with Crippen LogP contribution in [0.2, 0.25) is 0 Å². The van der Waals surface area contributed by atoms with E-state index in [-0.39, 0.29) is 12.1 Å². The van der Waals surface area contributed by atoms with Gasteiger partial charge < -0.3 is 9.64 Å². The van der Waals surface area contributed by atoms with E-state index in [9.17, 15) is 4.79 Å². The molecule has 1 saturated heterocycles. The van der Waals surface area contributed by atoms with Crippen molar-refractivity contribution in [1.82, 2.24) is 9.27 Å². The highest BCUT2D eigenvalue weighted by Gasteiger charge is 2.34. The van der Waals surface area contributed by atoms with E-state index in [4.69, 9.17) is 4.74 Å². The highest BCUT2D eigenvalue weighted by atomic mass is 32.1. The van der Waals surface area contributed by atoms with Crippen LogP contribution in [0.25, 0.3) is 0 Å². The van der Waals surface area contributed by atoms with Gasteiger partial charge in [0.1, 0.15) is 5.60 Å². The standard InChI is InChI=1S/C13H20N2O2S/c1-9-8-11(18-14-9)10-6-5-7-15(10)12(16)17-13(2,3)4/h8,10H,5-7H2,1-4H3. The van der Waals surface area contributed by atoms with Crippen molar-refractivity contribution in [3.05, 3.63) is 16.6 Å². The number of nitrogens with zero attached hydrogens (tertiary/aromatic N) is 2. The Kier molecular flexibility index (Phi) is 3.61. The maximum atomic E-state index is 12.1. The first-order chi connectivity index (χ1) is 8.37. The Morgan fingerprint density at radius 3 is 2.83 bits per heavy atom. The molecule has 1 aromatic heterocycles. The molecule has 1 fully saturated rings. The van der Waals surface area contributed by atoms with E-state index in [2.05, 4.69) is 10.4 Å². The van der Waals surface area contributed by atoms with Crippen molar-refractivity contribution in [2.75, 3.05) is 6.54 Å². The van der Waals surface area contributed by atoms with Crippen molar-refractivity contribution < 1.29 is 9.53 Å². The minimum absolute atomic E-state index is 0.144. The van der Waals surface area contributed by atoms with Crippen molar-refractivity contribution in [1.29, 1.82) is 0 Å².